The van der Waals surface area contributed by atoms with Crippen LogP contribution in [0.4, 0.5) is 0 Å². The van der Waals surface area contributed by atoms with Crippen LogP contribution in [-0.2, 0) is 13.0 Å². The molecule has 2 aromatic rings. The predicted octanol–water partition coefficient (Wildman–Crippen LogP) is 4.10. The van der Waals surface area contributed by atoms with Gasteiger partial charge in [0.1, 0.15) is 5.82 Å². The van der Waals surface area contributed by atoms with Gasteiger partial charge in [0.25, 0.3) is 0 Å². The van der Waals surface area contributed by atoms with Crippen LogP contribution >= 0.6 is 11.3 Å². The van der Waals surface area contributed by atoms with Crippen molar-refractivity contribution < 1.29 is 0 Å². The van der Waals surface area contributed by atoms with E-state index in [9.17, 15) is 0 Å². The zero-order valence-corrected chi connectivity index (χ0v) is 12.8. The second-order valence-corrected chi connectivity index (χ2v) is 6.36. The third-order valence-corrected chi connectivity index (χ3v) is 5.02. The third kappa shape index (κ3) is 3.01. The molecule has 2 aromatic heterocycles. The van der Waals surface area contributed by atoms with Crippen molar-refractivity contribution >= 4 is 11.3 Å². The quantitative estimate of drug-likeness (QED) is 0.775. The molecule has 20 heavy (non-hydrogen) atoms. The summed E-state index contributed by atoms with van der Waals surface area (Å²) in [6.45, 7) is 3.16. The molecule has 4 heteroatoms. The van der Waals surface area contributed by atoms with Gasteiger partial charge in [-0.3, -0.25) is 0 Å². The van der Waals surface area contributed by atoms with E-state index in [1.54, 1.807) is 11.3 Å². The van der Waals surface area contributed by atoms with Gasteiger partial charge in [0.2, 0.25) is 0 Å². The van der Waals surface area contributed by atoms with Gasteiger partial charge < -0.3 is 4.57 Å². The third-order valence-electron chi connectivity index (χ3n) is 4.03. The number of hydrogen-bond acceptors (Lipinski definition) is 3. The smallest absolute Gasteiger partial charge is 0.112 e. The molecule has 0 saturated heterocycles. The van der Waals surface area contributed by atoms with Crippen molar-refractivity contribution in [1.29, 1.82) is 0 Å². The minimum atomic E-state index is 0.611. The van der Waals surface area contributed by atoms with Gasteiger partial charge >= 0.3 is 0 Å². The summed E-state index contributed by atoms with van der Waals surface area (Å²) in [5.74, 6) is 1.88. The number of aromatic nitrogens is 3. The van der Waals surface area contributed by atoms with Crippen LogP contribution in [-0.4, -0.2) is 14.5 Å². The lowest BCUT2D eigenvalue weighted by Crippen LogP contribution is -2.10. The summed E-state index contributed by atoms with van der Waals surface area (Å²) in [4.78, 5) is 10.3. The van der Waals surface area contributed by atoms with E-state index in [4.69, 9.17) is 0 Å². The highest BCUT2D eigenvalue weighted by atomic mass is 32.1. The molecule has 0 fully saturated rings. The molecule has 3 nitrogen and oxygen atoms in total. The molecule has 1 atom stereocenters. The summed E-state index contributed by atoms with van der Waals surface area (Å²) in [5.41, 5.74) is 3.14. The highest BCUT2D eigenvalue weighted by Crippen LogP contribution is 2.28. The SMILES string of the molecule is Cc1ncsc1CCCn1ccnc1[C@@H]1CC=CCC1. The normalized spacial score (nSPS) is 18.6. The summed E-state index contributed by atoms with van der Waals surface area (Å²) in [5, 5.41) is 0. The van der Waals surface area contributed by atoms with Gasteiger partial charge in [0, 0.05) is 29.7 Å². The van der Waals surface area contributed by atoms with Crippen molar-refractivity contribution in [3.63, 3.8) is 0 Å². The average Bonchev–Trinajstić information content (AvgIpc) is 3.10. The standard InChI is InChI=1S/C16H21N3S/c1-13-15(20-12-18-13)8-5-10-19-11-9-17-16(19)14-6-3-2-4-7-14/h2-3,9,11-12,14H,4-8,10H2,1H3/t14-/m1/s1. The zero-order valence-electron chi connectivity index (χ0n) is 12.0. The maximum absolute atomic E-state index is 4.59. The van der Waals surface area contributed by atoms with Gasteiger partial charge in [-0.1, -0.05) is 12.2 Å². The summed E-state index contributed by atoms with van der Waals surface area (Å²) in [7, 11) is 0. The Labute approximate surface area is 124 Å². The largest absolute Gasteiger partial charge is 0.335 e. The van der Waals surface area contributed by atoms with E-state index < -0.39 is 0 Å². The molecule has 0 bridgehead atoms. The van der Waals surface area contributed by atoms with E-state index in [1.807, 2.05) is 11.7 Å². The Morgan fingerprint density at radius 3 is 3.05 bits per heavy atom. The molecule has 0 spiro atoms. The van der Waals surface area contributed by atoms with Crippen LogP contribution in [0.15, 0.2) is 30.1 Å². The summed E-state index contributed by atoms with van der Waals surface area (Å²) in [6, 6.07) is 0. The van der Waals surface area contributed by atoms with Gasteiger partial charge in [-0.15, -0.1) is 11.3 Å². The van der Waals surface area contributed by atoms with Crippen LogP contribution in [0.25, 0.3) is 0 Å². The molecule has 3 rings (SSSR count). The summed E-state index contributed by atoms with van der Waals surface area (Å²) < 4.78 is 2.35. The first-order valence-electron chi connectivity index (χ1n) is 7.39. The molecule has 0 unspecified atom stereocenters. The van der Waals surface area contributed by atoms with Crippen molar-refractivity contribution in [2.45, 2.75) is 51.5 Å². The van der Waals surface area contributed by atoms with Gasteiger partial charge in [-0.05, 0) is 39.0 Å². The first-order chi connectivity index (χ1) is 9.84. The Kier molecular flexibility index (Phi) is 4.31. The van der Waals surface area contributed by atoms with Gasteiger partial charge in [-0.25, -0.2) is 9.97 Å². The van der Waals surface area contributed by atoms with Crippen LogP contribution in [0, 0.1) is 6.92 Å². The molecule has 0 aromatic carbocycles. The fraction of sp³-hybridized carbons (Fsp3) is 0.500. The topological polar surface area (TPSA) is 30.7 Å². The zero-order chi connectivity index (χ0) is 13.8. The van der Waals surface area contributed by atoms with Crippen molar-refractivity contribution in [2.24, 2.45) is 0 Å². The number of rotatable bonds is 5. The second-order valence-electron chi connectivity index (χ2n) is 5.42. The minimum absolute atomic E-state index is 0.611. The van der Waals surface area contributed by atoms with Crippen LogP contribution in [0.2, 0.25) is 0 Å². The Morgan fingerprint density at radius 2 is 2.30 bits per heavy atom. The van der Waals surface area contributed by atoms with Gasteiger partial charge in [0.05, 0.1) is 11.2 Å². The van der Waals surface area contributed by atoms with Gasteiger partial charge in [0.15, 0.2) is 0 Å². The van der Waals surface area contributed by atoms with Crippen molar-refractivity contribution in [1.82, 2.24) is 14.5 Å². The molecule has 1 aliphatic carbocycles. The van der Waals surface area contributed by atoms with Crippen molar-refractivity contribution in [3.8, 4) is 0 Å². The first kappa shape index (κ1) is 13.6. The maximum atomic E-state index is 4.59. The first-order valence-corrected chi connectivity index (χ1v) is 8.27. The van der Waals surface area contributed by atoms with E-state index >= 15 is 0 Å². The predicted molar refractivity (Wildman–Crippen MR) is 83.1 cm³/mol. The van der Waals surface area contributed by atoms with E-state index in [2.05, 4.69) is 39.8 Å². The highest BCUT2D eigenvalue weighted by Gasteiger charge is 2.17. The Morgan fingerprint density at radius 1 is 1.35 bits per heavy atom. The van der Waals surface area contributed by atoms with E-state index in [0.29, 0.717) is 5.92 Å². The van der Waals surface area contributed by atoms with Crippen molar-refractivity contribution in [3.05, 3.63) is 46.5 Å². The molecule has 0 N–H and O–H groups in total. The van der Waals surface area contributed by atoms with E-state index in [1.165, 1.54) is 29.2 Å². The van der Waals surface area contributed by atoms with E-state index in [0.717, 1.165) is 25.8 Å². The lowest BCUT2D eigenvalue weighted by molar-refractivity contribution is 0.525. The summed E-state index contributed by atoms with van der Waals surface area (Å²) in [6.07, 6.45) is 14.5. The Hall–Kier alpha value is -1.42. The summed E-state index contributed by atoms with van der Waals surface area (Å²) >= 11 is 1.77. The lowest BCUT2D eigenvalue weighted by Gasteiger charge is -2.18. The molecule has 106 valence electrons. The highest BCUT2D eigenvalue weighted by molar-refractivity contribution is 7.09. The average molecular weight is 287 g/mol. The molecule has 1 aliphatic rings. The molecule has 0 amide bonds. The van der Waals surface area contributed by atoms with Crippen molar-refractivity contribution in [2.75, 3.05) is 0 Å². The maximum Gasteiger partial charge on any atom is 0.112 e. The molecular weight excluding hydrogens is 266 g/mol. The Bertz CT molecular complexity index is 582. The van der Waals surface area contributed by atoms with Gasteiger partial charge in [-0.2, -0.15) is 0 Å². The fourth-order valence-electron chi connectivity index (χ4n) is 2.87. The number of allylic oxidation sites excluding steroid dienone is 2. The number of hydrogen-bond donors (Lipinski definition) is 0. The fourth-order valence-corrected chi connectivity index (χ4v) is 3.70. The van der Waals surface area contributed by atoms with Crippen LogP contribution in [0.5, 0.6) is 0 Å². The minimum Gasteiger partial charge on any atom is -0.335 e. The van der Waals surface area contributed by atoms with E-state index in [-0.39, 0.29) is 0 Å². The second kappa shape index (κ2) is 6.35. The number of thiazole rings is 1. The lowest BCUT2D eigenvalue weighted by atomic mass is 9.93. The molecule has 2 heterocycles. The monoisotopic (exact) mass is 287 g/mol. The molecular formula is C16H21N3S. The number of aryl methyl sites for hydroxylation is 3. The number of imidazole rings is 1. The Balaban J connectivity index is 1.59. The van der Waals surface area contributed by atoms with Crippen LogP contribution < -0.4 is 0 Å². The number of nitrogens with zero attached hydrogens (tertiary/aromatic N) is 3. The van der Waals surface area contributed by atoms with Crippen LogP contribution in [0.1, 0.15) is 48.0 Å². The van der Waals surface area contributed by atoms with Crippen LogP contribution in [0.3, 0.4) is 0 Å². The molecule has 0 radical (unpaired) electrons. The molecule has 0 aliphatic heterocycles. The molecule has 0 saturated carbocycles.